The minimum absolute atomic E-state index is 0.0266. The number of benzene rings is 1. The van der Waals surface area contributed by atoms with Crippen LogP contribution in [0.3, 0.4) is 0 Å². The lowest BCUT2D eigenvalue weighted by Gasteiger charge is -2.22. The number of hydrogen-bond donors (Lipinski definition) is 1. The molecule has 1 atom stereocenters. The zero-order valence-corrected chi connectivity index (χ0v) is 7.90. The van der Waals surface area contributed by atoms with Crippen molar-refractivity contribution in [2.45, 2.75) is 13.0 Å². The minimum Gasteiger partial charge on any atom is -0.351 e. The highest BCUT2D eigenvalue weighted by Gasteiger charge is 2.13. The molecule has 2 N–H and O–H groups in total. The van der Waals surface area contributed by atoms with Crippen LogP contribution in [0.4, 0.5) is 4.79 Å². The molecule has 0 saturated heterocycles. The van der Waals surface area contributed by atoms with E-state index < -0.39 is 6.03 Å². The molecular formula is C10H14N2O. The maximum atomic E-state index is 10.9. The van der Waals surface area contributed by atoms with E-state index in [0.29, 0.717) is 0 Å². The number of rotatable bonds is 2. The molecule has 70 valence electrons. The maximum absolute atomic E-state index is 10.9. The first-order valence-corrected chi connectivity index (χ1v) is 4.20. The highest BCUT2D eigenvalue weighted by Crippen LogP contribution is 2.17. The largest absolute Gasteiger partial charge is 0.351 e. The van der Waals surface area contributed by atoms with Gasteiger partial charge < -0.3 is 10.6 Å². The van der Waals surface area contributed by atoms with Gasteiger partial charge in [0.05, 0.1) is 6.04 Å². The summed E-state index contributed by atoms with van der Waals surface area (Å²) < 4.78 is 0. The quantitative estimate of drug-likeness (QED) is 0.737. The molecule has 3 nitrogen and oxygen atoms in total. The fourth-order valence-corrected chi connectivity index (χ4v) is 1.15. The Bertz CT molecular complexity index is 284. The zero-order chi connectivity index (χ0) is 9.84. The molecule has 2 amide bonds. The van der Waals surface area contributed by atoms with Crippen LogP contribution >= 0.6 is 0 Å². The predicted octanol–water partition coefficient (Wildman–Crippen LogP) is 1.76. The highest BCUT2D eigenvalue weighted by molar-refractivity contribution is 5.72. The van der Waals surface area contributed by atoms with Crippen LogP contribution in [-0.4, -0.2) is 18.0 Å². The molecule has 0 saturated carbocycles. The van der Waals surface area contributed by atoms with Crippen LogP contribution in [-0.2, 0) is 0 Å². The number of nitrogens with zero attached hydrogens (tertiary/aromatic N) is 1. The Hall–Kier alpha value is -1.51. The molecule has 1 rings (SSSR count). The molecule has 0 spiro atoms. The molecule has 1 aromatic rings. The van der Waals surface area contributed by atoms with Crippen LogP contribution in [0.25, 0.3) is 0 Å². The third kappa shape index (κ3) is 2.21. The van der Waals surface area contributed by atoms with Gasteiger partial charge in [-0.3, -0.25) is 0 Å². The number of hydrogen-bond acceptors (Lipinski definition) is 1. The van der Waals surface area contributed by atoms with E-state index in [-0.39, 0.29) is 6.04 Å². The second-order valence-corrected chi connectivity index (χ2v) is 3.04. The standard InChI is InChI=1S/C10H14N2O/c1-8(12(2)10(11)13)9-6-4-3-5-7-9/h3-8H,1-2H3,(H2,11,13)/t8-/m0/s1. The van der Waals surface area contributed by atoms with Gasteiger partial charge in [-0.25, -0.2) is 4.79 Å². The van der Waals surface area contributed by atoms with Crippen LogP contribution in [0.2, 0.25) is 0 Å². The summed E-state index contributed by atoms with van der Waals surface area (Å²) in [6, 6.07) is 9.41. The minimum atomic E-state index is -0.406. The van der Waals surface area contributed by atoms with Crippen molar-refractivity contribution in [3.63, 3.8) is 0 Å². The number of nitrogens with two attached hydrogens (primary N) is 1. The van der Waals surface area contributed by atoms with Crippen molar-refractivity contribution in [1.29, 1.82) is 0 Å². The third-order valence-corrected chi connectivity index (χ3v) is 2.21. The molecule has 0 bridgehead atoms. The molecule has 3 heteroatoms. The van der Waals surface area contributed by atoms with Crippen LogP contribution in [0.5, 0.6) is 0 Å². The van der Waals surface area contributed by atoms with Crippen LogP contribution in [0.1, 0.15) is 18.5 Å². The molecule has 0 fully saturated rings. The molecule has 0 radical (unpaired) electrons. The average Bonchev–Trinajstić information content (AvgIpc) is 2.17. The number of primary amides is 1. The summed E-state index contributed by atoms with van der Waals surface area (Å²) in [5, 5.41) is 0. The normalized spacial score (nSPS) is 12.2. The summed E-state index contributed by atoms with van der Waals surface area (Å²) in [5.41, 5.74) is 6.25. The Morgan fingerprint density at radius 3 is 2.38 bits per heavy atom. The number of carbonyl (C=O) groups is 1. The van der Waals surface area contributed by atoms with E-state index in [9.17, 15) is 4.79 Å². The first-order chi connectivity index (χ1) is 6.13. The SMILES string of the molecule is C[C@@H](c1ccccc1)N(C)C(N)=O. The van der Waals surface area contributed by atoms with E-state index in [1.807, 2.05) is 37.3 Å². The Labute approximate surface area is 78.2 Å². The smallest absolute Gasteiger partial charge is 0.315 e. The topological polar surface area (TPSA) is 46.3 Å². The van der Waals surface area contributed by atoms with Crippen LogP contribution in [0, 0.1) is 0 Å². The summed E-state index contributed by atoms with van der Waals surface area (Å²) in [4.78, 5) is 12.4. The van der Waals surface area contributed by atoms with Gasteiger partial charge in [-0.1, -0.05) is 30.3 Å². The van der Waals surface area contributed by atoms with Crippen molar-refractivity contribution < 1.29 is 4.79 Å². The second-order valence-electron chi connectivity index (χ2n) is 3.04. The molecule has 0 aromatic heterocycles. The van der Waals surface area contributed by atoms with Gasteiger partial charge >= 0.3 is 6.03 Å². The molecular weight excluding hydrogens is 164 g/mol. The van der Waals surface area contributed by atoms with E-state index >= 15 is 0 Å². The Kier molecular flexibility index (Phi) is 2.90. The molecule has 13 heavy (non-hydrogen) atoms. The molecule has 0 aliphatic heterocycles. The monoisotopic (exact) mass is 178 g/mol. The fraction of sp³-hybridized carbons (Fsp3) is 0.300. The maximum Gasteiger partial charge on any atom is 0.315 e. The fourth-order valence-electron chi connectivity index (χ4n) is 1.15. The van der Waals surface area contributed by atoms with Gasteiger partial charge in [0.25, 0.3) is 0 Å². The Morgan fingerprint density at radius 2 is 1.92 bits per heavy atom. The summed E-state index contributed by atoms with van der Waals surface area (Å²) in [5.74, 6) is 0. The number of urea groups is 1. The van der Waals surface area contributed by atoms with Crippen molar-refractivity contribution in [1.82, 2.24) is 4.90 Å². The van der Waals surface area contributed by atoms with Crippen LogP contribution in [0.15, 0.2) is 30.3 Å². The molecule has 0 unspecified atom stereocenters. The molecule has 1 aromatic carbocycles. The summed E-state index contributed by atoms with van der Waals surface area (Å²) >= 11 is 0. The number of carbonyl (C=O) groups excluding carboxylic acids is 1. The van der Waals surface area contributed by atoms with Gasteiger partial charge in [0.1, 0.15) is 0 Å². The Morgan fingerprint density at radius 1 is 1.38 bits per heavy atom. The van der Waals surface area contributed by atoms with Gasteiger partial charge in [0.15, 0.2) is 0 Å². The van der Waals surface area contributed by atoms with E-state index in [2.05, 4.69) is 0 Å². The lowest BCUT2D eigenvalue weighted by atomic mass is 10.1. The summed E-state index contributed by atoms with van der Waals surface area (Å²) in [6.07, 6.45) is 0. The molecule has 0 aliphatic carbocycles. The van der Waals surface area contributed by atoms with Crippen molar-refractivity contribution in [2.75, 3.05) is 7.05 Å². The van der Waals surface area contributed by atoms with Crippen molar-refractivity contribution in [2.24, 2.45) is 5.73 Å². The van der Waals surface area contributed by atoms with E-state index in [1.165, 1.54) is 4.90 Å². The summed E-state index contributed by atoms with van der Waals surface area (Å²) in [6.45, 7) is 1.94. The molecule has 0 heterocycles. The Balaban J connectivity index is 2.79. The van der Waals surface area contributed by atoms with E-state index in [4.69, 9.17) is 5.73 Å². The third-order valence-electron chi connectivity index (χ3n) is 2.21. The van der Waals surface area contributed by atoms with Gasteiger partial charge in [0, 0.05) is 7.05 Å². The van der Waals surface area contributed by atoms with Gasteiger partial charge in [-0.05, 0) is 12.5 Å². The number of amides is 2. The average molecular weight is 178 g/mol. The summed E-state index contributed by atoms with van der Waals surface area (Å²) in [7, 11) is 1.69. The van der Waals surface area contributed by atoms with Gasteiger partial charge in [-0.2, -0.15) is 0 Å². The van der Waals surface area contributed by atoms with Gasteiger partial charge in [0.2, 0.25) is 0 Å². The predicted molar refractivity (Wildman–Crippen MR) is 52.2 cm³/mol. The van der Waals surface area contributed by atoms with E-state index in [1.54, 1.807) is 7.05 Å². The van der Waals surface area contributed by atoms with Crippen molar-refractivity contribution >= 4 is 6.03 Å². The lowest BCUT2D eigenvalue weighted by Crippen LogP contribution is -2.34. The van der Waals surface area contributed by atoms with Gasteiger partial charge in [-0.15, -0.1) is 0 Å². The first-order valence-electron chi connectivity index (χ1n) is 4.20. The first kappa shape index (κ1) is 9.58. The zero-order valence-electron chi connectivity index (χ0n) is 7.90. The second kappa shape index (κ2) is 3.94. The van der Waals surface area contributed by atoms with Crippen molar-refractivity contribution in [3.05, 3.63) is 35.9 Å². The molecule has 0 aliphatic rings. The van der Waals surface area contributed by atoms with E-state index in [0.717, 1.165) is 5.56 Å². The van der Waals surface area contributed by atoms with Crippen LogP contribution < -0.4 is 5.73 Å². The highest BCUT2D eigenvalue weighted by atomic mass is 16.2. The lowest BCUT2D eigenvalue weighted by molar-refractivity contribution is 0.204. The van der Waals surface area contributed by atoms with Crippen molar-refractivity contribution in [3.8, 4) is 0 Å².